The summed E-state index contributed by atoms with van der Waals surface area (Å²) >= 11 is 1.40. The Morgan fingerprint density at radius 3 is 2.39 bits per heavy atom. The molecule has 192 valence electrons. The molecule has 1 atom stereocenters. The lowest BCUT2D eigenvalue weighted by Crippen LogP contribution is -2.49. The number of para-hydroxylation sites is 2. The van der Waals surface area contributed by atoms with Crippen molar-refractivity contribution in [1.82, 2.24) is 9.80 Å². The molecule has 1 fully saturated rings. The van der Waals surface area contributed by atoms with Gasteiger partial charge in [-0.1, -0.05) is 54.2 Å². The van der Waals surface area contributed by atoms with Crippen LogP contribution in [0.15, 0.2) is 88.8 Å². The number of amidine groups is 2. The molecular formula is C29H26FN5O2S. The minimum absolute atomic E-state index is 0.0300. The van der Waals surface area contributed by atoms with E-state index < -0.39 is 6.04 Å². The molecule has 3 aliphatic heterocycles. The molecule has 0 unspecified atom stereocenters. The van der Waals surface area contributed by atoms with Crippen molar-refractivity contribution in [2.75, 3.05) is 31.1 Å². The lowest BCUT2D eigenvalue weighted by Gasteiger charge is -2.36. The average molecular weight is 528 g/mol. The first kappa shape index (κ1) is 24.4. The summed E-state index contributed by atoms with van der Waals surface area (Å²) in [6, 6.07) is 23.2. The van der Waals surface area contributed by atoms with E-state index >= 15 is 0 Å². The number of aliphatic imine (C=N–C) groups is 2. The molecule has 0 spiro atoms. The Kier molecular flexibility index (Phi) is 6.68. The quantitative estimate of drug-likeness (QED) is 0.492. The molecule has 6 rings (SSSR count). The maximum absolute atomic E-state index is 13.6. The van der Waals surface area contributed by atoms with Crippen LogP contribution in [0.1, 0.15) is 17.5 Å². The van der Waals surface area contributed by atoms with Crippen molar-refractivity contribution >= 4 is 46.0 Å². The van der Waals surface area contributed by atoms with E-state index in [4.69, 9.17) is 9.98 Å². The van der Waals surface area contributed by atoms with E-state index in [0.29, 0.717) is 29.8 Å². The van der Waals surface area contributed by atoms with Crippen LogP contribution in [0.5, 0.6) is 0 Å². The van der Waals surface area contributed by atoms with Gasteiger partial charge in [0, 0.05) is 43.2 Å². The molecule has 3 heterocycles. The predicted octanol–water partition coefficient (Wildman–Crippen LogP) is 4.46. The predicted molar refractivity (Wildman–Crippen MR) is 148 cm³/mol. The van der Waals surface area contributed by atoms with E-state index in [-0.39, 0.29) is 24.1 Å². The van der Waals surface area contributed by atoms with Crippen molar-refractivity contribution in [3.8, 4) is 0 Å². The molecule has 3 aromatic carbocycles. The number of rotatable bonds is 5. The van der Waals surface area contributed by atoms with Gasteiger partial charge in [-0.3, -0.25) is 14.6 Å². The molecule has 3 aliphatic rings. The molecule has 2 amide bonds. The second-order valence-electron chi connectivity index (χ2n) is 9.38. The minimum Gasteiger partial charge on any atom is -0.368 e. The fraction of sp³-hybridized carbons (Fsp3) is 0.241. The van der Waals surface area contributed by atoms with Crippen molar-refractivity contribution in [1.29, 1.82) is 0 Å². The molecule has 38 heavy (non-hydrogen) atoms. The van der Waals surface area contributed by atoms with Gasteiger partial charge in [-0.2, -0.15) is 0 Å². The molecule has 0 N–H and O–H groups in total. The van der Waals surface area contributed by atoms with E-state index in [1.54, 1.807) is 17.0 Å². The number of hydrogen-bond acceptors (Lipinski definition) is 6. The standard InChI is InChI=1S/C29H26FN5O2S/c30-21-12-10-20(11-13-21)19-38-29-32-24-9-5-4-8-23(24)27-31-25(28(37)35(27)29)18-26(36)34-16-14-33(15-17-34)22-6-2-1-3-7-22/h1-13,25H,14-19H2/t25-/m1/s1. The summed E-state index contributed by atoms with van der Waals surface area (Å²) in [5.41, 5.74) is 3.58. The van der Waals surface area contributed by atoms with Crippen molar-refractivity contribution in [3.63, 3.8) is 0 Å². The molecule has 1 saturated heterocycles. The highest BCUT2D eigenvalue weighted by Gasteiger charge is 2.42. The molecule has 3 aromatic rings. The van der Waals surface area contributed by atoms with Gasteiger partial charge in [-0.15, -0.1) is 0 Å². The molecule has 0 saturated carbocycles. The summed E-state index contributed by atoms with van der Waals surface area (Å²) < 4.78 is 13.3. The average Bonchev–Trinajstić information content (AvgIpc) is 3.29. The zero-order valence-electron chi connectivity index (χ0n) is 20.7. The van der Waals surface area contributed by atoms with Crippen LogP contribution < -0.4 is 4.90 Å². The lowest BCUT2D eigenvalue weighted by molar-refractivity contribution is -0.135. The zero-order chi connectivity index (χ0) is 26.1. The van der Waals surface area contributed by atoms with Crippen LogP contribution in [0.3, 0.4) is 0 Å². The topological polar surface area (TPSA) is 68.6 Å². The van der Waals surface area contributed by atoms with Crippen LogP contribution in [-0.2, 0) is 15.3 Å². The van der Waals surface area contributed by atoms with E-state index in [1.807, 2.05) is 47.4 Å². The van der Waals surface area contributed by atoms with Crippen molar-refractivity contribution < 1.29 is 14.0 Å². The van der Waals surface area contributed by atoms with E-state index in [2.05, 4.69) is 17.0 Å². The van der Waals surface area contributed by atoms with Crippen LogP contribution in [0, 0.1) is 5.82 Å². The van der Waals surface area contributed by atoms with Gasteiger partial charge < -0.3 is 9.80 Å². The summed E-state index contributed by atoms with van der Waals surface area (Å²) in [6.45, 7) is 2.72. The van der Waals surface area contributed by atoms with Gasteiger partial charge in [0.1, 0.15) is 17.7 Å². The normalized spacial score (nSPS) is 18.6. The van der Waals surface area contributed by atoms with Crippen molar-refractivity contribution in [2.45, 2.75) is 18.2 Å². The largest absolute Gasteiger partial charge is 0.368 e. The molecule has 7 nitrogen and oxygen atoms in total. The highest BCUT2D eigenvalue weighted by molar-refractivity contribution is 8.13. The Hall–Kier alpha value is -3.98. The summed E-state index contributed by atoms with van der Waals surface area (Å²) in [6.07, 6.45) is 0.0300. The Labute approximate surface area is 224 Å². The number of halogens is 1. The Morgan fingerprint density at radius 1 is 0.921 bits per heavy atom. The number of fused-ring (bicyclic) bond motifs is 3. The van der Waals surface area contributed by atoms with Gasteiger partial charge in [0.15, 0.2) is 5.17 Å². The first-order valence-electron chi connectivity index (χ1n) is 12.6. The van der Waals surface area contributed by atoms with E-state index in [1.165, 1.54) is 23.9 Å². The monoisotopic (exact) mass is 527 g/mol. The summed E-state index contributed by atoms with van der Waals surface area (Å²) in [5.74, 6) is 0.463. The SMILES string of the molecule is O=C(C[C@H]1N=C2c3ccccc3N=C(SCc3ccc(F)cc3)N2C1=O)N1CCN(c2ccccc2)CC1. The number of thioether (sulfide) groups is 1. The highest BCUT2D eigenvalue weighted by Crippen LogP contribution is 2.35. The van der Waals surface area contributed by atoms with Gasteiger partial charge in [0.05, 0.1) is 12.1 Å². The number of nitrogens with zero attached hydrogens (tertiary/aromatic N) is 5. The third-order valence-electron chi connectivity index (χ3n) is 6.95. The fourth-order valence-corrected chi connectivity index (χ4v) is 5.86. The van der Waals surface area contributed by atoms with Gasteiger partial charge in [-0.05, 0) is 42.0 Å². The fourth-order valence-electron chi connectivity index (χ4n) is 4.91. The van der Waals surface area contributed by atoms with Crippen LogP contribution in [0.2, 0.25) is 0 Å². The number of hydrogen-bond donors (Lipinski definition) is 0. The second kappa shape index (κ2) is 10.4. The summed E-state index contributed by atoms with van der Waals surface area (Å²) in [4.78, 5) is 41.9. The number of piperazine rings is 1. The first-order valence-corrected chi connectivity index (χ1v) is 13.6. The second-order valence-corrected chi connectivity index (χ2v) is 10.3. The molecule has 0 aliphatic carbocycles. The van der Waals surface area contributed by atoms with Crippen LogP contribution in [0.4, 0.5) is 15.8 Å². The Morgan fingerprint density at radius 2 is 1.63 bits per heavy atom. The minimum atomic E-state index is -0.785. The van der Waals surface area contributed by atoms with Gasteiger partial charge in [0.25, 0.3) is 5.91 Å². The van der Waals surface area contributed by atoms with Crippen molar-refractivity contribution in [2.24, 2.45) is 9.98 Å². The Bertz CT molecular complexity index is 1420. The van der Waals surface area contributed by atoms with E-state index in [0.717, 1.165) is 35.6 Å². The first-order chi connectivity index (χ1) is 18.6. The maximum Gasteiger partial charge on any atom is 0.259 e. The summed E-state index contributed by atoms with van der Waals surface area (Å²) in [5, 5.41) is 0.517. The third-order valence-corrected chi connectivity index (χ3v) is 7.96. The number of benzene rings is 3. The van der Waals surface area contributed by atoms with Crippen LogP contribution >= 0.6 is 11.8 Å². The zero-order valence-corrected chi connectivity index (χ0v) is 21.5. The highest BCUT2D eigenvalue weighted by atomic mass is 32.2. The van der Waals surface area contributed by atoms with Crippen LogP contribution in [-0.4, -0.2) is 64.8 Å². The maximum atomic E-state index is 13.6. The molecule has 0 radical (unpaired) electrons. The van der Waals surface area contributed by atoms with E-state index in [9.17, 15) is 14.0 Å². The third kappa shape index (κ3) is 4.81. The molecular weight excluding hydrogens is 501 g/mol. The van der Waals surface area contributed by atoms with Crippen LogP contribution in [0.25, 0.3) is 0 Å². The molecule has 9 heteroatoms. The molecule has 0 bridgehead atoms. The van der Waals surface area contributed by atoms with Crippen molar-refractivity contribution in [3.05, 3.63) is 95.8 Å². The number of amides is 2. The van der Waals surface area contributed by atoms with Gasteiger partial charge in [-0.25, -0.2) is 14.3 Å². The number of carbonyl (C=O) groups excluding carboxylic acids is 2. The van der Waals surface area contributed by atoms with Gasteiger partial charge in [0.2, 0.25) is 5.91 Å². The van der Waals surface area contributed by atoms with Gasteiger partial charge >= 0.3 is 0 Å². The lowest BCUT2D eigenvalue weighted by atomic mass is 10.1. The Balaban J connectivity index is 1.16. The number of carbonyl (C=O) groups is 2. The molecule has 0 aromatic heterocycles. The summed E-state index contributed by atoms with van der Waals surface area (Å²) in [7, 11) is 0. The number of anilines is 1. The smallest absolute Gasteiger partial charge is 0.259 e.